The van der Waals surface area contributed by atoms with Crippen molar-refractivity contribution >= 4 is 22.7 Å². The number of hydroxylamine groups is 1. The molecule has 1 aromatic heterocycles. The molecule has 1 saturated carbocycles. The van der Waals surface area contributed by atoms with E-state index >= 15 is 0 Å². The average Bonchev–Trinajstić information content (AvgIpc) is 3.23. The number of amides is 2. The van der Waals surface area contributed by atoms with Crippen LogP contribution in [0.3, 0.4) is 0 Å². The van der Waals surface area contributed by atoms with Crippen molar-refractivity contribution in [3.05, 3.63) is 83.8 Å². The van der Waals surface area contributed by atoms with Gasteiger partial charge in [-0.25, -0.2) is 0 Å². The van der Waals surface area contributed by atoms with Crippen molar-refractivity contribution in [3.63, 3.8) is 0 Å². The standard InChI is InChI=1S/C30H38N4O3/c1-21(2)17-24(19-31-37-20-22-11-5-4-6-12-22)32-29(35)25-14-8-9-15-26(25)33-30(36)28-18-23-13-7-10-16-27(23)34(28)3/h4-7,10-13,16,18-19,21,25-26,31H,8-9,14-15,17,20H2,1-3H3,(H,32,35)(H,33,36)/t25-,26+/m1/s1. The largest absolute Gasteiger partial charge is 0.347 e. The molecule has 0 unspecified atom stereocenters. The van der Waals surface area contributed by atoms with Gasteiger partial charge in [0.2, 0.25) is 5.91 Å². The summed E-state index contributed by atoms with van der Waals surface area (Å²) in [6.07, 6.45) is 5.93. The molecule has 1 aliphatic carbocycles. The van der Waals surface area contributed by atoms with Gasteiger partial charge < -0.3 is 15.2 Å². The van der Waals surface area contributed by atoms with E-state index in [1.54, 1.807) is 6.20 Å². The Hall–Kier alpha value is -3.58. The third-order valence-corrected chi connectivity index (χ3v) is 6.91. The van der Waals surface area contributed by atoms with Crippen LogP contribution in [0, 0.1) is 11.8 Å². The third-order valence-electron chi connectivity index (χ3n) is 6.91. The van der Waals surface area contributed by atoms with Gasteiger partial charge in [0.25, 0.3) is 5.91 Å². The van der Waals surface area contributed by atoms with Crippen LogP contribution in [0.2, 0.25) is 0 Å². The molecule has 2 atom stereocenters. The van der Waals surface area contributed by atoms with Crippen LogP contribution in [0.5, 0.6) is 0 Å². The molecule has 0 radical (unpaired) electrons. The maximum Gasteiger partial charge on any atom is 0.268 e. The van der Waals surface area contributed by atoms with Crippen molar-refractivity contribution in [3.8, 4) is 0 Å². The first-order valence-electron chi connectivity index (χ1n) is 13.2. The highest BCUT2D eigenvalue weighted by atomic mass is 16.6. The zero-order valence-electron chi connectivity index (χ0n) is 22.0. The maximum atomic E-state index is 13.4. The summed E-state index contributed by atoms with van der Waals surface area (Å²) in [6, 6.07) is 19.5. The zero-order chi connectivity index (χ0) is 26.2. The summed E-state index contributed by atoms with van der Waals surface area (Å²) in [6.45, 7) is 4.64. The van der Waals surface area contributed by atoms with Crippen molar-refractivity contribution in [2.75, 3.05) is 0 Å². The van der Waals surface area contributed by atoms with Crippen LogP contribution in [-0.2, 0) is 23.3 Å². The van der Waals surface area contributed by atoms with Crippen LogP contribution in [0.25, 0.3) is 10.9 Å². The summed E-state index contributed by atoms with van der Waals surface area (Å²) in [5.74, 6) is -0.125. The van der Waals surface area contributed by atoms with Gasteiger partial charge in [-0.05, 0) is 42.9 Å². The van der Waals surface area contributed by atoms with Gasteiger partial charge in [-0.3, -0.25) is 19.9 Å². The number of para-hydroxylation sites is 1. The van der Waals surface area contributed by atoms with Gasteiger partial charge in [0.15, 0.2) is 0 Å². The molecule has 1 fully saturated rings. The Morgan fingerprint density at radius 3 is 2.54 bits per heavy atom. The fourth-order valence-corrected chi connectivity index (χ4v) is 5.02. The van der Waals surface area contributed by atoms with Gasteiger partial charge in [0, 0.05) is 35.9 Å². The van der Waals surface area contributed by atoms with Crippen LogP contribution in [0.15, 0.2) is 72.6 Å². The predicted octanol–water partition coefficient (Wildman–Crippen LogP) is 5.19. The molecule has 1 heterocycles. The molecule has 0 bridgehead atoms. The van der Waals surface area contributed by atoms with Crippen molar-refractivity contribution in [2.24, 2.45) is 18.9 Å². The lowest BCUT2D eigenvalue weighted by Crippen LogP contribution is -2.48. The number of aryl methyl sites for hydroxylation is 1. The molecule has 0 saturated heterocycles. The van der Waals surface area contributed by atoms with Crippen LogP contribution in [0.1, 0.15) is 62.0 Å². The number of nitrogens with one attached hydrogen (secondary N) is 3. The Balaban J connectivity index is 1.40. The van der Waals surface area contributed by atoms with E-state index in [0.29, 0.717) is 24.6 Å². The fraction of sp³-hybridized carbons (Fsp3) is 0.400. The molecule has 3 N–H and O–H groups in total. The molecule has 37 heavy (non-hydrogen) atoms. The number of hydrogen-bond acceptors (Lipinski definition) is 4. The molecule has 196 valence electrons. The van der Waals surface area contributed by atoms with Gasteiger partial charge in [-0.1, -0.05) is 75.2 Å². The average molecular weight is 503 g/mol. The van der Waals surface area contributed by atoms with E-state index in [2.05, 4.69) is 30.0 Å². The molecule has 7 nitrogen and oxygen atoms in total. The predicted molar refractivity (Wildman–Crippen MR) is 146 cm³/mol. The summed E-state index contributed by atoms with van der Waals surface area (Å²) >= 11 is 0. The second-order valence-electron chi connectivity index (χ2n) is 10.3. The lowest BCUT2D eigenvalue weighted by atomic mass is 9.83. The molecule has 3 aromatic rings. The highest BCUT2D eigenvalue weighted by Gasteiger charge is 2.33. The number of carbonyl (C=O) groups is 2. The van der Waals surface area contributed by atoms with E-state index in [1.165, 1.54) is 0 Å². The van der Waals surface area contributed by atoms with E-state index < -0.39 is 0 Å². The van der Waals surface area contributed by atoms with Crippen LogP contribution >= 0.6 is 0 Å². The first-order chi connectivity index (χ1) is 17.9. The molecule has 0 aliphatic heterocycles. The fourth-order valence-electron chi connectivity index (χ4n) is 5.02. The molecule has 2 amide bonds. The first-order valence-corrected chi connectivity index (χ1v) is 13.2. The van der Waals surface area contributed by atoms with E-state index in [9.17, 15) is 9.59 Å². The minimum absolute atomic E-state index is 0.0567. The highest BCUT2D eigenvalue weighted by molar-refractivity contribution is 5.99. The summed E-state index contributed by atoms with van der Waals surface area (Å²) in [5, 5.41) is 7.31. The van der Waals surface area contributed by atoms with E-state index in [1.807, 2.05) is 72.3 Å². The van der Waals surface area contributed by atoms with Gasteiger partial charge >= 0.3 is 0 Å². The quantitative estimate of drug-likeness (QED) is 0.263. The molecule has 7 heteroatoms. The zero-order valence-corrected chi connectivity index (χ0v) is 22.0. The molecule has 4 rings (SSSR count). The normalized spacial score (nSPS) is 18.1. The number of allylic oxidation sites excluding steroid dienone is 1. The van der Waals surface area contributed by atoms with Crippen molar-refractivity contribution < 1.29 is 14.4 Å². The van der Waals surface area contributed by atoms with E-state index in [0.717, 1.165) is 47.8 Å². The van der Waals surface area contributed by atoms with Gasteiger partial charge in [-0.15, -0.1) is 0 Å². The number of hydrogen-bond donors (Lipinski definition) is 3. The summed E-state index contributed by atoms with van der Waals surface area (Å²) in [4.78, 5) is 32.2. The highest BCUT2D eigenvalue weighted by Crippen LogP contribution is 2.26. The van der Waals surface area contributed by atoms with Crippen LogP contribution in [-0.4, -0.2) is 22.4 Å². The molecule has 1 aliphatic rings. The van der Waals surface area contributed by atoms with Crippen LogP contribution < -0.4 is 16.1 Å². The van der Waals surface area contributed by atoms with Gasteiger partial charge in [0.1, 0.15) is 5.69 Å². The Labute approximate surface area is 219 Å². The topological polar surface area (TPSA) is 84.4 Å². The molecular formula is C30H38N4O3. The second kappa shape index (κ2) is 12.6. The lowest BCUT2D eigenvalue weighted by molar-refractivity contribution is -0.126. The monoisotopic (exact) mass is 502 g/mol. The van der Waals surface area contributed by atoms with Crippen molar-refractivity contribution in [1.29, 1.82) is 0 Å². The number of aromatic nitrogens is 1. The first kappa shape index (κ1) is 26.5. The van der Waals surface area contributed by atoms with Crippen molar-refractivity contribution in [1.82, 2.24) is 20.7 Å². The molecular weight excluding hydrogens is 464 g/mol. The summed E-state index contributed by atoms with van der Waals surface area (Å²) in [7, 11) is 1.90. The van der Waals surface area contributed by atoms with E-state index in [4.69, 9.17) is 4.84 Å². The van der Waals surface area contributed by atoms with E-state index in [-0.39, 0.29) is 23.8 Å². The smallest absolute Gasteiger partial charge is 0.268 e. The Morgan fingerprint density at radius 2 is 1.78 bits per heavy atom. The Morgan fingerprint density at radius 1 is 1.05 bits per heavy atom. The lowest BCUT2D eigenvalue weighted by Gasteiger charge is -2.31. The van der Waals surface area contributed by atoms with Crippen LogP contribution in [0.4, 0.5) is 0 Å². The summed E-state index contributed by atoms with van der Waals surface area (Å²) < 4.78 is 1.91. The Bertz CT molecular complexity index is 1230. The number of fused-ring (bicyclic) bond motifs is 1. The minimum Gasteiger partial charge on any atom is -0.347 e. The second-order valence-corrected chi connectivity index (χ2v) is 10.3. The summed E-state index contributed by atoms with van der Waals surface area (Å²) in [5.41, 5.74) is 6.33. The Kier molecular flexibility index (Phi) is 9.01. The van der Waals surface area contributed by atoms with Gasteiger partial charge in [-0.2, -0.15) is 0 Å². The molecule has 0 spiro atoms. The SMILES string of the molecule is CC(C)CC(=CNOCc1ccccc1)NC(=O)[C@@H]1CCCC[C@@H]1NC(=O)c1cc2ccccc2n1C. The number of nitrogens with zero attached hydrogens (tertiary/aromatic N) is 1. The molecule has 2 aromatic carbocycles. The third kappa shape index (κ3) is 7.01. The number of carbonyl (C=O) groups excluding carboxylic acids is 2. The van der Waals surface area contributed by atoms with Gasteiger partial charge in [0.05, 0.1) is 12.5 Å². The minimum atomic E-state index is -0.284. The van der Waals surface area contributed by atoms with Crippen molar-refractivity contribution in [2.45, 2.75) is 58.6 Å². The number of benzene rings is 2. The maximum absolute atomic E-state index is 13.4. The number of rotatable bonds is 10.